The number of carbonyl (C=O) groups is 2. The van der Waals surface area contributed by atoms with Crippen LogP contribution in [0.4, 0.5) is 0 Å². The first-order valence-corrected chi connectivity index (χ1v) is 15.8. The molecule has 0 saturated carbocycles. The molecule has 3 aromatic rings. The summed E-state index contributed by atoms with van der Waals surface area (Å²) in [6.45, 7) is 7.72. The fraction of sp³-hybridized carbons (Fsp3) is 0.444. The molecular formula is C36H42N2O8. The largest absolute Gasteiger partial charge is 0.459 e. The summed E-state index contributed by atoms with van der Waals surface area (Å²) in [7, 11) is 0. The molecule has 6 rings (SSSR count). The second-order valence-corrected chi connectivity index (χ2v) is 12.8. The zero-order valence-corrected chi connectivity index (χ0v) is 26.6. The molecule has 2 N–H and O–H groups in total. The van der Waals surface area contributed by atoms with Crippen LogP contribution >= 0.6 is 0 Å². The zero-order chi connectivity index (χ0) is 32.3. The maximum atomic E-state index is 14.4. The standard InChI is InChI=1S/C36H42N2O8/c1-35(2)43-29-28(42-34-31(30(29)44-35)45-36(3,4)46-34)27(37-21-24-16-10-6-11-17-24)32(39)38-26(20-23-14-8-5-9-15-23)33(40)41-22-25-18-12-7-13-19-25/h5-19,26-31,34,37H,20-22H2,1-4H3,(H,38,39)/t26-,27+,28+,29-,30-,31+,34+/m0/s1. The highest BCUT2D eigenvalue weighted by molar-refractivity contribution is 5.88. The molecule has 0 bridgehead atoms. The predicted molar refractivity (Wildman–Crippen MR) is 168 cm³/mol. The number of carbonyl (C=O) groups excluding carboxylic acids is 2. The predicted octanol–water partition coefficient (Wildman–Crippen LogP) is 4.01. The Morgan fingerprint density at radius 3 is 1.91 bits per heavy atom. The molecule has 10 heteroatoms. The van der Waals surface area contributed by atoms with Gasteiger partial charge in [-0.1, -0.05) is 91.0 Å². The Kier molecular flexibility index (Phi) is 9.56. The Bertz CT molecular complexity index is 1470. The maximum Gasteiger partial charge on any atom is 0.329 e. The second kappa shape index (κ2) is 13.6. The number of ether oxygens (including phenoxy) is 6. The van der Waals surface area contributed by atoms with E-state index < -0.39 is 66.2 Å². The number of benzene rings is 3. The molecule has 0 spiro atoms. The van der Waals surface area contributed by atoms with Crippen molar-refractivity contribution in [1.29, 1.82) is 0 Å². The van der Waals surface area contributed by atoms with E-state index in [4.69, 9.17) is 28.4 Å². The normalized spacial score (nSPS) is 27.2. The minimum absolute atomic E-state index is 0.0858. The average Bonchev–Trinajstić information content (AvgIpc) is 3.54. The molecule has 0 radical (unpaired) electrons. The molecule has 7 atom stereocenters. The van der Waals surface area contributed by atoms with Gasteiger partial charge in [-0.15, -0.1) is 0 Å². The van der Waals surface area contributed by atoms with Gasteiger partial charge in [0.05, 0.1) is 0 Å². The molecule has 0 unspecified atom stereocenters. The van der Waals surface area contributed by atoms with Gasteiger partial charge in [0.15, 0.2) is 17.9 Å². The monoisotopic (exact) mass is 630 g/mol. The Morgan fingerprint density at radius 1 is 0.717 bits per heavy atom. The van der Waals surface area contributed by atoms with E-state index in [-0.39, 0.29) is 13.0 Å². The van der Waals surface area contributed by atoms with Gasteiger partial charge in [0.1, 0.15) is 43.1 Å². The van der Waals surface area contributed by atoms with Crippen LogP contribution in [0.3, 0.4) is 0 Å². The van der Waals surface area contributed by atoms with Gasteiger partial charge in [-0.05, 0) is 44.4 Å². The lowest BCUT2D eigenvalue weighted by Crippen LogP contribution is -2.65. The van der Waals surface area contributed by atoms with Crippen LogP contribution in [0.2, 0.25) is 0 Å². The number of hydrogen-bond acceptors (Lipinski definition) is 9. The summed E-state index contributed by atoms with van der Waals surface area (Å²) in [6, 6.07) is 26.8. The van der Waals surface area contributed by atoms with Crippen molar-refractivity contribution in [2.24, 2.45) is 0 Å². The quantitative estimate of drug-likeness (QED) is 0.304. The van der Waals surface area contributed by atoms with Crippen LogP contribution in [0.15, 0.2) is 91.0 Å². The third kappa shape index (κ3) is 7.66. The van der Waals surface area contributed by atoms with Crippen LogP contribution in [-0.2, 0) is 57.6 Å². The van der Waals surface area contributed by atoms with Crippen molar-refractivity contribution < 1.29 is 38.0 Å². The Morgan fingerprint density at radius 2 is 1.26 bits per heavy atom. The molecule has 3 heterocycles. The zero-order valence-electron chi connectivity index (χ0n) is 26.6. The lowest BCUT2D eigenvalue weighted by molar-refractivity contribution is -0.239. The lowest BCUT2D eigenvalue weighted by Gasteiger charge is -2.40. The van der Waals surface area contributed by atoms with Gasteiger partial charge in [0.2, 0.25) is 5.91 Å². The van der Waals surface area contributed by atoms with E-state index in [9.17, 15) is 9.59 Å². The lowest BCUT2D eigenvalue weighted by atomic mass is 9.93. The van der Waals surface area contributed by atoms with Crippen LogP contribution in [-0.4, -0.2) is 66.2 Å². The van der Waals surface area contributed by atoms with Crippen molar-refractivity contribution in [2.75, 3.05) is 0 Å². The van der Waals surface area contributed by atoms with Crippen molar-refractivity contribution >= 4 is 11.9 Å². The van der Waals surface area contributed by atoms with Crippen molar-refractivity contribution in [3.63, 3.8) is 0 Å². The Balaban J connectivity index is 1.27. The highest BCUT2D eigenvalue weighted by Gasteiger charge is 2.62. The van der Waals surface area contributed by atoms with Gasteiger partial charge in [-0.25, -0.2) is 4.79 Å². The first-order chi connectivity index (χ1) is 22.1. The van der Waals surface area contributed by atoms with Crippen molar-refractivity contribution in [2.45, 2.75) is 102 Å². The van der Waals surface area contributed by atoms with Gasteiger partial charge >= 0.3 is 5.97 Å². The molecule has 10 nitrogen and oxygen atoms in total. The van der Waals surface area contributed by atoms with E-state index in [0.717, 1.165) is 16.7 Å². The summed E-state index contributed by atoms with van der Waals surface area (Å²) >= 11 is 0. The first kappa shape index (κ1) is 32.3. The number of fused-ring (bicyclic) bond motifs is 3. The molecule has 244 valence electrons. The summed E-state index contributed by atoms with van der Waals surface area (Å²) in [5.74, 6) is -2.84. The first-order valence-electron chi connectivity index (χ1n) is 15.8. The summed E-state index contributed by atoms with van der Waals surface area (Å²) in [4.78, 5) is 27.9. The average molecular weight is 631 g/mol. The number of amides is 1. The summed E-state index contributed by atoms with van der Waals surface area (Å²) in [5.41, 5.74) is 2.70. The molecular weight excluding hydrogens is 588 g/mol. The van der Waals surface area contributed by atoms with E-state index in [1.165, 1.54) is 0 Å². The van der Waals surface area contributed by atoms with Gasteiger partial charge in [-0.3, -0.25) is 10.1 Å². The molecule has 3 aliphatic heterocycles. The molecule has 3 fully saturated rings. The molecule has 0 aliphatic carbocycles. The highest BCUT2D eigenvalue weighted by Crippen LogP contribution is 2.44. The van der Waals surface area contributed by atoms with Gasteiger partial charge < -0.3 is 33.7 Å². The van der Waals surface area contributed by atoms with E-state index in [0.29, 0.717) is 6.54 Å². The molecule has 3 aromatic carbocycles. The summed E-state index contributed by atoms with van der Waals surface area (Å²) in [5, 5.41) is 6.38. The van der Waals surface area contributed by atoms with E-state index in [1.807, 2.05) is 119 Å². The molecule has 0 aromatic heterocycles. The van der Waals surface area contributed by atoms with Crippen LogP contribution in [0.25, 0.3) is 0 Å². The van der Waals surface area contributed by atoms with Crippen LogP contribution in [0.1, 0.15) is 44.4 Å². The van der Waals surface area contributed by atoms with E-state index in [1.54, 1.807) is 0 Å². The fourth-order valence-corrected chi connectivity index (χ4v) is 6.23. The van der Waals surface area contributed by atoms with Gasteiger partial charge in [0, 0.05) is 13.0 Å². The van der Waals surface area contributed by atoms with Gasteiger partial charge in [-0.2, -0.15) is 0 Å². The third-order valence-electron chi connectivity index (χ3n) is 8.28. The molecule has 46 heavy (non-hydrogen) atoms. The SMILES string of the molecule is CC1(C)O[C@@H]2[C@H](O1)[C@H]1OC(C)(C)O[C@H]1O[C@@H]2[C@@H](NCc1ccccc1)C(=O)N[C@@H](Cc1ccccc1)C(=O)OCc1ccccc1. The number of nitrogens with one attached hydrogen (secondary N) is 2. The topological polar surface area (TPSA) is 114 Å². The highest BCUT2D eigenvalue weighted by atomic mass is 16.9. The van der Waals surface area contributed by atoms with Crippen molar-refractivity contribution in [3.8, 4) is 0 Å². The maximum absolute atomic E-state index is 14.4. The van der Waals surface area contributed by atoms with Crippen molar-refractivity contribution in [3.05, 3.63) is 108 Å². The van der Waals surface area contributed by atoms with Crippen LogP contribution in [0, 0.1) is 0 Å². The number of esters is 1. The molecule has 3 aliphatic rings. The van der Waals surface area contributed by atoms with Gasteiger partial charge in [0.25, 0.3) is 0 Å². The van der Waals surface area contributed by atoms with Crippen LogP contribution < -0.4 is 10.6 Å². The third-order valence-corrected chi connectivity index (χ3v) is 8.28. The number of rotatable bonds is 11. The minimum Gasteiger partial charge on any atom is -0.459 e. The Hall–Kier alpha value is -3.64. The van der Waals surface area contributed by atoms with E-state index >= 15 is 0 Å². The fourth-order valence-electron chi connectivity index (χ4n) is 6.23. The minimum atomic E-state index is -0.964. The molecule has 1 amide bonds. The number of hydrogen-bond donors (Lipinski definition) is 2. The summed E-state index contributed by atoms with van der Waals surface area (Å²) in [6.07, 6.45) is -3.15. The van der Waals surface area contributed by atoms with Crippen LogP contribution in [0.5, 0.6) is 0 Å². The smallest absolute Gasteiger partial charge is 0.329 e. The summed E-state index contributed by atoms with van der Waals surface area (Å²) < 4.78 is 37.2. The van der Waals surface area contributed by atoms with Crippen molar-refractivity contribution in [1.82, 2.24) is 10.6 Å². The molecule has 3 saturated heterocycles. The Labute approximate surface area is 269 Å². The second-order valence-electron chi connectivity index (χ2n) is 12.8. The van der Waals surface area contributed by atoms with E-state index in [2.05, 4.69) is 10.6 Å².